The van der Waals surface area contributed by atoms with Crippen molar-refractivity contribution in [3.63, 3.8) is 0 Å². The highest BCUT2D eigenvalue weighted by atomic mass is 32.2. The highest BCUT2D eigenvalue weighted by Gasteiger charge is 2.20. The summed E-state index contributed by atoms with van der Waals surface area (Å²) in [5, 5.41) is 10.9. The summed E-state index contributed by atoms with van der Waals surface area (Å²) in [5.74, 6) is 5.72. The molecule has 156 valence electrons. The molecule has 1 heterocycles. The fourth-order valence-corrected chi connectivity index (χ4v) is 4.34. The van der Waals surface area contributed by atoms with Gasteiger partial charge in [-0.05, 0) is 49.6 Å². The average Bonchev–Trinajstić information content (AvgIpc) is 2.72. The van der Waals surface area contributed by atoms with Gasteiger partial charge in [-0.15, -0.1) is 0 Å². The van der Waals surface area contributed by atoms with Crippen LogP contribution in [0.2, 0.25) is 0 Å². The molecule has 30 heavy (non-hydrogen) atoms. The molecule has 0 unspecified atom stereocenters. The van der Waals surface area contributed by atoms with Crippen molar-refractivity contribution < 1.29 is 18.1 Å². The highest BCUT2D eigenvalue weighted by molar-refractivity contribution is 7.89. The Morgan fingerprint density at radius 2 is 1.90 bits per heavy atom. The molecule has 0 saturated carbocycles. The standard InChI is InChI=1S/C21H21N3O5S/c1-16-7-10-19(24(26)27)15-20(16)30(28,29)22-13-4-5-17-8-11-18(12-9-17)23-14-3-2-6-21(23)25/h7-12,15,22H,2-3,6,13-14H2,1H3. The third-order valence-electron chi connectivity index (χ3n) is 4.76. The Labute approximate surface area is 175 Å². The molecular formula is C21H21N3O5S. The normalized spacial score (nSPS) is 14.2. The maximum Gasteiger partial charge on any atom is 0.270 e. The maximum absolute atomic E-state index is 12.5. The molecule has 0 atom stereocenters. The third-order valence-corrected chi connectivity index (χ3v) is 6.30. The molecule has 1 aliphatic heterocycles. The summed E-state index contributed by atoms with van der Waals surface area (Å²) in [5.41, 5.74) is 1.63. The molecule has 8 nitrogen and oxygen atoms in total. The molecule has 0 aliphatic carbocycles. The number of amides is 1. The number of nitro benzene ring substituents is 1. The van der Waals surface area contributed by atoms with Crippen LogP contribution in [0.5, 0.6) is 0 Å². The molecule has 2 aromatic rings. The Kier molecular flexibility index (Phi) is 6.50. The minimum Gasteiger partial charge on any atom is -0.312 e. The van der Waals surface area contributed by atoms with Gasteiger partial charge in [0.2, 0.25) is 15.9 Å². The van der Waals surface area contributed by atoms with Gasteiger partial charge in [-0.1, -0.05) is 17.9 Å². The molecule has 3 rings (SSSR count). The van der Waals surface area contributed by atoms with E-state index >= 15 is 0 Å². The molecule has 9 heteroatoms. The van der Waals surface area contributed by atoms with E-state index in [0.717, 1.165) is 24.6 Å². The Bertz CT molecular complexity index is 1130. The van der Waals surface area contributed by atoms with Gasteiger partial charge in [0.15, 0.2) is 0 Å². The van der Waals surface area contributed by atoms with Crippen molar-refractivity contribution in [2.45, 2.75) is 31.1 Å². The van der Waals surface area contributed by atoms with E-state index in [9.17, 15) is 23.3 Å². The van der Waals surface area contributed by atoms with Crippen LogP contribution in [0.25, 0.3) is 0 Å². The van der Waals surface area contributed by atoms with Gasteiger partial charge in [-0.3, -0.25) is 14.9 Å². The number of rotatable bonds is 5. The molecular weight excluding hydrogens is 406 g/mol. The Morgan fingerprint density at radius 3 is 2.57 bits per heavy atom. The minimum atomic E-state index is -3.93. The van der Waals surface area contributed by atoms with Crippen LogP contribution in [0.3, 0.4) is 0 Å². The number of hydrogen-bond acceptors (Lipinski definition) is 5. The van der Waals surface area contributed by atoms with Crippen LogP contribution in [0, 0.1) is 28.9 Å². The van der Waals surface area contributed by atoms with Crippen molar-refractivity contribution in [1.82, 2.24) is 4.72 Å². The number of anilines is 1. The summed E-state index contributed by atoms with van der Waals surface area (Å²) in [6.45, 7) is 2.14. The highest BCUT2D eigenvalue weighted by Crippen LogP contribution is 2.22. The van der Waals surface area contributed by atoms with Gasteiger partial charge in [0.25, 0.3) is 5.69 Å². The number of carbonyl (C=O) groups excluding carboxylic acids is 1. The molecule has 2 aromatic carbocycles. The van der Waals surface area contributed by atoms with E-state index in [1.807, 2.05) is 12.1 Å². The predicted octanol–water partition coefficient (Wildman–Crippen LogP) is 2.75. The van der Waals surface area contributed by atoms with E-state index in [2.05, 4.69) is 16.6 Å². The van der Waals surface area contributed by atoms with Crippen molar-refractivity contribution in [2.24, 2.45) is 0 Å². The van der Waals surface area contributed by atoms with Crippen LogP contribution in [-0.2, 0) is 14.8 Å². The molecule has 0 radical (unpaired) electrons. The topological polar surface area (TPSA) is 110 Å². The van der Waals surface area contributed by atoms with E-state index in [0.29, 0.717) is 24.1 Å². The number of non-ortho nitro benzene ring substituents is 1. The lowest BCUT2D eigenvalue weighted by Gasteiger charge is -2.26. The van der Waals surface area contributed by atoms with E-state index < -0.39 is 14.9 Å². The smallest absolute Gasteiger partial charge is 0.270 e. The fraction of sp³-hybridized carbons (Fsp3) is 0.286. The molecule has 1 aliphatic rings. The first-order valence-electron chi connectivity index (χ1n) is 9.42. The van der Waals surface area contributed by atoms with Crippen molar-refractivity contribution in [1.29, 1.82) is 0 Å². The first-order chi connectivity index (χ1) is 14.3. The second-order valence-electron chi connectivity index (χ2n) is 6.88. The molecule has 0 bridgehead atoms. The van der Waals surface area contributed by atoms with Gasteiger partial charge >= 0.3 is 0 Å². The summed E-state index contributed by atoms with van der Waals surface area (Å²) >= 11 is 0. The molecule has 1 saturated heterocycles. The zero-order chi connectivity index (χ0) is 21.7. The van der Waals surface area contributed by atoms with Crippen molar-refractivity contribution in [2.75, 3.05) is 18.0 Å². The number of carbonyl (C=O) groups is 1. The Hall–Kier alpha value is -3.22. The number of aryl methyl sites for hydroxylation is 1. The number of nitrogens with one attached hydrogen (secondary N) is 1. The number of sulfonamides is 1. The molecule has 1 N–H and O–H groups in total. The first-order valence-corrected chi connectivity index (χ1v) is 10.9. The second kappa shape index (κ2) is 9.07. The summed E-state index contributed by atoms with van der Waals surface area (Å²) < 4.78 is 27.2. The quantitative estimate of drug-likeness (QED) is 0.448. The van der Waals surface area contributed by atoms with E-state index in [1.54, 1.807) is 24.0 Å². The predicted molar refractivity (Wildman–Crippen MR) is 113 cm³/mol. The van der Waals surface area contributed by atoms with Crippen molar-refractivity contribution >= 4 is 27.3 Å². The van der Waals surface area contributed by atoms with Gasteiger partial charge in [-0.25, -0.2) is 8.42 Å². The Morgan fingerprint density at radius 1 is 1.17 bits per heavy atom. The minimum absolute atomic E-state index is 0.117. The lowest BCUT2D eigenvalue weighted by atomic mass is 10.1. The van der Waals surface area contributed by atoms with Crippen LogP contribution in [0.1, 0.15) is 30.4 Å². The number of hydrogen-bond donors (Lipinski definition) is 1. The SMILES string of the molecule is Cc1ccc([N+](=O)[O-])cc1S(=O)(=O)NCC#Cc1ccc(N2CCCCC2=O)cc1. The monoisotopic (exact) mass is 427 g/mol. The third kappa shape index (κ3) is 5.03. The number of nitro groups is 1. The lowest BCUT2D eigenvalue weighted by molar-refractivity contribution is -0.385. The van der Waals surface area contributed by atoms with Gasteiger partial charge in [0.1, 0.15) is 0 Å². The van der Waals surface area contributed by atoms with Crippen LogP contribution < -0.4 is 9.62 Å². The van der Waals surface area contributed by atoms with Crippen LogP contribution in [-0.4, -0.2) is 32.3 Å². The maximum atomic E-state index is 12.5. The van der Waals surface area contributed by atoms with E-state index in [-0.39, 0.29) is 23.0 Å². The average molecular weight is 427 g/mol. The zero-order valence-electron chi connectivity index (χ0n) is 16.4. The number of benzene rings is 2. The van der Waals surface area contributed by atoms with Gasteiger partial charge in [0, 0.05) is 36.3 Å². The fourth-order valence-electron chi connectivity index (χ4n) is 3.15. The lowest BCUT2D eigenvalue weighted by Crippen LogP contribution is -2.35. The van der Waals surface area contributed by atoms with E-state index in [4.69, 9.17) is 0 Å². The zero-order valence-corrected chi connectivity index (χ0v) is 17.2. The first kappa shape index (κ1) is 21.5. The van der Waals surface area contributed by atoms with Crippen LogP contribution in [0.4, 0.5) is 11.4 Å². The van der Waals surface area contributed by atoms with Crippen LogP contribution in [0.15, 0.2) is 47.4 Å². The van der Waals surface area contributed by atoms with Gasteiger partial charge < -0.3 is 4.90 Å². The number of nitrogens with zero attached hydrogens (tertiary/aromatic N) is 2. The summed E-state index contributed by atoms with van der Waals surface area (Å²) in [4.78, 5) is 23.9. The number of piperidine rings is 1. The van der Waals surface area contributed by atoms with Crippen molar-refractivity contribution in [3.8, 4) is 11.8 Å². The molecule has 0 spiro atoms. The summed E-state index contributed by atoms with van der Waals surface area (Å²) in [7, 11) is -3.93. The second-order valence-corrected chi connectivity index (χ2v) is 8.62. The van der Waals surface area contributed by atoms with Crippen molar-refractivity contribution in [3.05, 3.63) is 63.7 Å². The molecule has 0 aromatic heterocycles. The molecule has 1 amide bonds. The largest absolute Gasteiger partial charge is 0.312 e. The van der Waals surface area contributed by atoms with Gasteiger partial charge in [-0.2, -0.15) is 4.72 Å². The van der Waals surface area contributed by atoms with Gasteiger partial charge in [0.05, 0.1) is 16.4 Å². The summed E-state index contributed by atoms with van der Waals surface area (Å²) in [6.07, 6.45) is 2.47. The Balaban J connectivity index is 1.65. The van der Waals surface area contributed by atoms with Crippen LogP contribution >= 0.6 is 0 Å². The molecule has 1 fully saturated rings. The summed E-state index contributed by atoms with van der Waals surface area (Å²) in [6, 6.07) is 10.9. The van der Waals surface area contributed by atoms with E-state index in [1.165, 1.54) is 12.1 Å².